The first-order valence-corrected chi connectivity index (χ1v) is 8.12. The Labute approximate surface area is 144 Å². The zero-order valence-electron chi connectivity index (χ0n) is 13.0. The fourth-order valence-corrected chi connectivity index (χ4v) is 2.69. The number of carbonyl (C=O) groups is 2. The van der Waals surface area contributed by atoms with Crippen LogP contribution in [0.4, 0.5) is 0 Å². The Morgan fingerprint density at radius 2 is 1.75 bits per heavy atom. The van der Waals surface area contributed by atoms with Crippen molar-refractivity contribution >= 4 is 34.2 Å². The molecule has 0 saturated heterocycles. The van der Waals surface area contributed by atoms with Crippen LogP contribution in [0.25, 0.3) is 10.9 Å². The smallest absolute Gasteiger partial charge is 0.220 e. The summed E-state index contributed by atoms with van der Waals surface area (Å²) in [6.45, 7) is 0.442. The summed E-state index contributed by atoms with van der Waals surface area (Å²) in [4.78, 5) is 27.2. The lowest BCUT2D eigenvalue weighted by atomic mass is 10.1. The van der Waals surface area contributed by atoms with Crippen LogP contribution in [0.15, 0.2) is 54.7 Å². The Kier molecular flexibility index (Phi) is 4.96. The number of H-pyrrole nitrogens is 1. The largest absolute Gasteiger partial charge is 0.361 e. The molecular weight excluding hydrogens is 324 g/mol. The van der Waals surface area contributed by atoms with Crippen LogP contribution in [0.5, 0.6) is 0 Å². The van der Waals surface area contributed by atoms with Crippen molar-refractivity contribution in [3.05, 3.63) is 70.9 Å². The molecule has 1 amide bonds. The van der Waals surface area contributed by atoms with Crippen molar-refractivity contribution in [2.45, 2.75) is 19.4 Å². The minimum atomic E-state index is -0.136. The first-order valence-electron chi connectivity index (χ1n) is 7.74. The molecule has 0 aliphatic rings. The third kappa shape index (κ3) is 3.84. The Bertz CT molecular complexity index is 868. The maximum absolute atomic E-state index is 12.0. The van der Waals surface area contributed by atoms with Crippen LogP contribution in [0.2, 0.25) is 5.02 Å². The summed E-state index contributed by atoms with van der Waals surface area (Å²) in [6.07, 6.45) is 2.25. The predicted octanol–water partition coefficient (Wildman–Crippen LogP) is 4.10. The van der Waals surface area contributed by atoms with E-state index in [4.69, 9.17) is 11.6 Å². The zero-order chi connectivity index (χ0) is 16.9. The van der Waals surface area contributed by atoms with Gasteiger partial charge in [0.15, 0.2) is 5.78 Å². The molecule has 0 bridgehead atoms. The lowest BCUT2D eigenvalue weighted by molar-refractivity contribution is -0.121. The second-order valence-electron chi connectivity index (χ2n) is 5.57. The molecule has 4 nitrogen and oxygen atoms in total. The van der Waals surface area contributed by atoms with E-state index in [2.05, 4.69) is 10.3 Å². The van der Waals surface area contributed by atoms with E-state index in [1.165, 1.54) is 0 Å². The van der Waals surface area contributed by atoms with Gasteiger partial charge in [-0.3, -0.25) is 9.59 Å². The molecule has 3 aromatic rings. The number of Topliss-reactive ketones (excluding diaryl/α,β-unsaturated/α-hetero) is 1. The van der Waals surface area contributed by atoms with Crippen LogP contribution in [0, 0.1) is 0 Å². The number of amides is 1. The number of benzene rings is 2. The molecule has 0 spiro atoms. The first kappa shape index (κ1) is 16.3. The molecule has 0 aliphatic heterocycles. The van der Waals surface area contributed by atoms with Gasteiger partial charge >= 0.3 is 0 Å². The van der Waals surface area contributed by atoms with Crippen LogP contribution >= 0.6 is 11.6 Å². The number of halogens is 1. The predicted molar refractivity (Wildman–Crippen MR) is 95.2 cm³/mol. The average Bonchev–Trinajstić information content (AvgIpc) is 3.01. The molecule has 122 valence electrons. The maximum atomic E-state index is 12.0. The lowest BCUT2D eigenvalue weighted by Gasteiger charge is -2.05. The Hall–Kier alpha value is -2.59. The highest BCUT2D eigenvalue weighted by molar-refractivity contribution is 6.30. The number of ketones is 1. The van der Waals surface area contributed by atoms with Crippen LogP contribution in [0.3, 0.4) is 0 Å². The van der Waals surface area contributed by atoms with Gasteiger partial charge in [-0.05, 0) is 35.9 Å². The molecule has 1 aromatic heterocycles. The van der Waals surface area contributed by atoms with Gasteiger partial charge in [0.1, 0.15) is 0 Å². The molecule has 5 heteroatoms. The van der Waals surface area contributed by atoms with E-state index in [1.807, 2.05) is 30.5 Å². The number of carbonyl (C=O) groups excluding carboxylic acids is 2. The van der Waals surface area contributed by atoms with Crippen molar-refractivity contribution in [1.82, 2.24) is 10.3 Å². The molecule has 0 unspecified atom stereocenters. The summed E-state index contributed by atoms with van der Waals surface area (Å²) in [5, 5.41) is 4.54. The fraction of sp³-hybridized carbons (Fsp3) is 0.158. The van der Waals surface area contributed by atoms with Crippen molar-refractivity contribution in [2.24, 2.45) is 0 Å². The molecule has 0 fully saturated rings. The van der Waals surface area contributed by atoms with Gasteiger partial charge in [-0.2, -0.15) is 0 Å². The van der Waals surface area contributed by atoms with Gasteiger partial charge in [0.05, 0.1) is 0 Å². The molecule has 0 aliphatic carbocycles. The van der Waals surface area contributed by atoms with Gasteiger partial charge in [-0.25, -0.2) is 0 Å². The van der Waals surface area contributed by atoms with Crippen LogP contribution in [0.1, 0.15) is 28.8 Å². The molecule has 0 atom stereocenters. The number of fused-ring (bicyclic) bond motifs is 1. The molecule has 1 heterocycles. The zero-order valence-corrected chi connectivity index (χ0v) is 13.8. The van der Waals surface area contributed by atoms with Gasteiger partial charge in [0.2, 0.25) is 5.91 Å². The van der Waals surface area contributed by atoms with Crippen molar-refractivity contribution in [3.63, 3.8) is 0 Å². The third-order valence-electron chi connectivity index (χ3n) is 3.90. The van der Waals surface area contributed by atoms with Crippen LogP contribution in [-0.4, -0.2) is 16.7 Å². The molecule has 2 aromatic carbocycles. The minimum absolute atomic E-state index is 0.0612. The minimum Gasteiger partial charge on any atom is -0.361 e. The third-order valence-corrected chi connectivity index (χ3v) is 4.15. The SMILES string of the molecule is O=C(CCC(=O)c1ccc(Cl)cc1)NCc1c[nH]c2ccccc12. The maximum Gasteiger partial charge on any atom is 0.220 e. The van der Waals surface area contributed by atoms with Gasteiger partial charge in [0, 0.05) is 47.1 Å². The van der Waals surface area contributed by atoms with E-state index in [-0.39, 0.29) is 24.5 Å². The first-order chi connectivity index (χ1) is 11.6. The standard InChI is InChI=1S/C19H17ClN2O2/c20-15-7-5-13(6-8-15)18(23)9-10-19(24)22-12-14-11-21-17-4-2-1-3-16(14)17/h1-8,11,21H,9-10,12H2,(H,22,24). The van der Waals surface area contributed by atoms with Crippen molar-refractivity contribution in [1.29, 1.82) is 0 Å². The van der Waals surface area contributed by atoms with Gasteiger partial charge in [-0.1, -0.05) is 29.8 Å². The molecule has 3 rings (SSSR count). The van der Waals surface area contributed by atoms with Crippen LogP contribution < -0.4 is 5.32 Å². The second kappa shape index (κ2) is 7.32. The summed E-state index contributed by atoms with van der Waals surface area (Å²) < 4.78 is 0. The summed E-state index contributed by atoms with van der Waals surface area (Å²) in [5.41, 5.74) is 2.64. The Morgan fingerprint density at radius 3 is 2.54 bits per heavy atom. The highest BCUT2D eigenvalue weighted by Crippen LogP contribution is 2.17. The topological polar surface area (TPSA) is 62.0 Å². The van der Waals surface area contributed by atoms with E-state index in [9.17, 15) is 9.59 Å². The Morgan fingerprint density at radius 1 is 1.00 bits per heavy atom. The number of nitrogens with one attached hydrogen (secondary N) is 2. The number of rotatable bonds is 6. The number of hydrogen-bond acceptors (Lipinski definition) is 2. The number of para-hydroxylation sites is 1. The molecule has 0 radical (unpaired) electrons. The normalized spacial score (nSPS) is 10.7. The number of aromatic nitrogens is 1. The molecule has 0 saturated carbocycles. The van der Waals surface area contributed by atoms with Gasteiger partial charge < -0.3 is 10.3 Å². The van der Waals surface area contributed by atoms with Crippen molar-refractivity contribution < 1.29 is 9.59 Å². The van der Waals surface area contributed by atoms with E-state index >= 15 is 0 Å². The summed E-state index contributed by atoms with van der Waals surface area (Å²) in [6, 6.07) is 14.6. The summed E-state index contributed by atoms with van der Waals surface area (Å²) >= 11 is 5.80. The number of hydrogen-bond donors (Lipinski definition) is 2. The summed E-state index contributed by atoms with van der Waals surface area (Å²) in [7, 11) is 0. The quantitative estimate of drug-likeness (QED) is 0.663. The Balaban J connectivity index is 1.51. The lowest BCUT2D eigenvalue weighted by Crippen LogP contribution is -2.23. The highest BCUT2D eigenvalue weighted by atomic mass is 35.5. The number of aromatic amines is 1. The van der Waals surface area contributed by atoms with E-state index < -0.39 is 0 Å². The van der Waals surface area contributed by atoms with Gasteiger partial charge in [-0.15, -0.1) is 0 Å². The average molecular weight is 341 g/mol. The second-order valence-corrected chi connectivity index (χ2v) is 6.00. The fourth-order valence-electron chi connectivity index (χ4n) is 2.57. The van der Waals surface area contributed by atoms with Crippen LogP contribution in [-0.2, 0) is 11.3 Å². The highest BCUT2D eigenvalue weighted by Gasteiger charge is 2.10. The van der Waals surface area contributed by atoms with Crippen molar-refractivity contribution in [3.8, 4) is 0 Å². The van der Waals surface area contributed by atoms with Gasteiger partial charge in [0.25, 0.3) is 0 Å². The monoisotopic (exact) mass is 340 g/mol. The summed E-state index contributed by atoms with van der Waals surface area (Å²) in [5.74, 6) is -0.198. The van der Waals surface area contributed by atoms with E-state index in [1.54, 1.807) is 24.3 Å². The molecular formula is C19H17ClN2O2. The molecule has 24 heavy (non-hydrogen) atoms. The van der Waals surface area contributed by atoms with Crippen molar-refractivity contribution in [2.75, 3.05) is 0 Å². The molecule has 2 N–H and O–H groups in total. The van der Waals surface area contributed by atoms with E-state index in [0.717, 1.165) is 16.5 Å². The van der Waals surface area contributed by atoms with E-state index in [0.29, 0.717) is 17.1 Å².